The minimum atomic E-state index is -4.45. The maximum absolute atomic E-state index is 12.6. The first kappa shape index (κ1) is 12.5. The number of aromatic nitrogens is 2. The maximum Gasteiger partial charge on any atom is 0.433 e. The molecule has 7 heteroatoms. The number of alkyl halides is 3. The summed E-state index contributed by atoms with van der Waals surface area (Å²) in [5.74, 6) is -1.03. The first-order chi connectivity index (χ1) is 7.32. The van der Waals surface area contributed by atoms with E-state index in [4.69, 9.17) is 5.11 Å². The van der Waals surface area contributed by atoms with Crippen LogP contribution >= 0.6 is 0 Å². The van der Waals surface area contributed by atoms with Gasteiger partial charge in [-0.05, 0) is 18.9 Å². The van der Waals surface area contributed by atoms with Gasteiger partial charge in [-0.3, -0.25) is 9.48 Å². The number of aliphatic carboxylic acids is 1. The highest BCUT2D eigenvalue weighted by Gasteiger charge is 2.36. The monoisotopic (exact) mass is 236 g/mol. The van der Waals surface area contributed by atoms with Crippen LogP contribution in [0.4, 0.5) is 13.2 Å². The van der Waals surface area contributed by atoms with Crippen molar-refractivity contribution in [1.29, 1.82) is 0 Å². The van der Waals surface area contributed by atoms with Gasteiger partial charge in [0.1, 0.15) is 5.69 Å². The van der Waals surface area contributed by atoms with Gasteiger partial charge < -0.3 is 5.11 Å². The van der Waals surface area contributed by atoms with Crippen LogP contribution in [-0.4, -0.2) is 20.9 Å². The summed E-state index contributed by atoms with van der Waals surface area (Å²) in [7, 11) is 0. The molecular formula is C9H11F3N2O2. The van der Waals surface area contributed by atoms with Crippen molar-refractivity contribution in [2.45, 2.75) is 32.5 Å². The quantitative estimate of drug-likeness (QED) is 0.870. The summed E-state index contributed by atoms with van der Waals surface area (Å²) in [6.07, 6.45) is -3.37. The minimum absolute atomic E-state index is 0.0443. The number of carboxylic acids is 1. The Morgan fingerprint density at radius 3 is 2.69 bits per heavy atom. The third-order valence-corrected chi connectivity index (χ3v) is 2.05. The molecule has 0 radical (unpaired) electrons. The summed E-state index contributed by atoms with van der Waals surface area (Å²) >= 11 is 0. The maximum atomic E-state index is 12.6. The molecule has 1 rings (SSSR count). The molecular weight excluding hydrogens is 225 g/mol. The van der Waals surface area contributed by atoms with Crippen LogP contribution in [0.5, 0.6) is 0 Å². The summed E-state index contributed by atoms with van der Waals surface area (Å²) in [5.41, 5.74) is -0.763. The van der Waals surface area contributed by atoms with E-state index in [1.807, 2.05) is 0 Å². The number of hydrogen-bond donors (Lipinski definition) is 1. The van der Waals surface area contributed by atoms with Gasteiger partial charge in [0.2, 0.25) is 0 Å². The molecule has 0 unspecified atom stereocenters. The first-order valence-corrected chi connectivity index (χ1v) is 4.63. The summed E-state index contributed by atoms with van der Waals surface area (Å²) in [4.78, 5) is 10.2. The first-order valence-electron chi connectivity index (χ1n) is 4.63. The van der Waals surface area contributed by atoms with Gasteiger partial charge in [-0.1, -0.05) is 0 Å². The molecule has 0 aliphatic rings. The molecule has 0 aliphatic heterocycles. The molecule has 0 saturated heterocycles. The van der Waals surface area contributed by atoms with Crippen molar-refractivity contribution in [3.8, 4) is 0 Å². The van der Waals surface area contributed by atoms with E-state index in [0.29, 0.717) is 0 Å². The van der Waals surface area contributed by atoms with Gasteiger partial charge >= 0.3 is 12.1 Å². The van der Waals surface area contributed by atoms with Gasteiger partial charge in [0.15, 0.2) is 0 Å². The molecule has 1 heterocycles. The Labute approximate surface area is 89.7 Å². The molecule has 4 nitrogen and oxygen atoms in total. The number of halogens is 3. The summed E-state index contributed by atoms with van der Waals surface area (Å²) in [6.45, 7) is 1.28. The second-order valence-corrected chi connectivity index (χ2v) is 3.39. The summed E-state index contributed by atoms with van der Waals surface area (Å²) < 4.78 is 38.5. The standard InChI is InChI=1S/C9H11F3N2O2/c1-6-5-13-14(4-2-3-7(15)16)8(6)9(10,11)12/h5H,2-4H2,1H3,(H,15,16). The fraction of sp³-hybridized carbons (Fsp3) is 0.556. The predicted molar refractivity (Wildman–Crippen MR) is 48.8 cm³/mol. The van der Waals surface area contributed by atoms with Gasteiger partial charge in [-0.2, -0.15) is 18.3 Å². The van der Waals surface area contributed by atoms with E-state index in [1.54, 1.807) is 0 Å². The van der Waals surface area contributed by atoms with Gasteiger partial charge in [0.25, 0.3) is 0 Å². The van der Waals surface area contributed by atoms with Gasteiger partial charge in [-0.15, -0.1) is 0 Å². The fourth-order valence-electron chi connectivity index (χ4n) is 1.40. The highest BCUT2D eigenvalue weighted by Crippen LogP contribution is 2.31. The number of rotatable bonds is 4. The van der Waals surface area contributed by atoms with E-state index in [1.165, 1.54) is 6.92 Å². The molecule has 0 amide bonds. The number of hydrogen-bond acceptors (Lipinski definition) is 2. The van der Waals surface area contributed by atoms with Crippen LogP contribution in [0.1, 0.15) is 24.1 Å². The Morgan fingerprint density at radius 1 is 1.56 bits per heavy atom. The van der Waals surface area contributed by atoms with E-state index < -0.39 is 17.8 Å². The van der Waals surface area contributed by atoms with Gasteiger partial charge in [0, 0.05) is 13.0 Å². The SMILES string of the molecule is Cc1cnn(CCCC(=O)O)c1C(F)(F)F. The second-order valence-electron chi connectivity index (χ2n) is 3.39. The Balaban J connectivity index is 2.77. The lowest BCUT2D eigenvalue weighted by atomic mass is 10.2. The number of nitrogens with zero attached hydrogens (tertiary/aromatic N) is 2. The van der Waals surface area contributed by atoms with E-state index in [9.17, 15) is 18.0 Å². The van der Waals surface area contributed by atoms with Crippen molar-refractivity contribution in [2.24, 2.45) is 0 Å². The van der Waals surface area contributed by atoms with Crippen molar-refractivity contribution in [3.63, 3.8) is 0 Å². The zero-order valence-corrected chi connectivity index (χ0v) is 8.58. The van der Waals surface area contributed by atoms with E-state index in [2.05, 4.69) is 5.10 Å². The molecule has 0 saturated carbocycles. The van der Waals surface area contributed by atoms with Crippen molar-refractivity contribution in [2.75, 3.05) is 0 Å². The largest absolute Gasteiger partial charge is 0.481 e. The number of carboxylic acid groups (broad SMARTS) is 1. The zero-order chi connectivity index (χ0) is 12.3. The fourth-order valence-corrected chi connectivity index (χ4v) is 1.40. The van der Waals surface area contributed by atoms with Crippen LogP contribution in [0.15, 0.2) is 6.20 Å². The van der Waals surface area contributed by atoms with Crippen LogP contribution in [-0.2, 0) is 17.5 Å². The molecule has 0 bridgehead atoms. The van der Waals surface area contributed by atoms with Crippen LogP contribution in [0.3, 0.4) is 0 Å². The van der Waals surface area contributed by atoms with E-state index in [0.717, 1.165) is 10.9 Å². The van der Waals surface area contributed by atoms with Crippen LogP contribution in [0, 0.1) is 6.92 Å². The Hall–Kier alpha value is -1.53. The van der Waals surface area contributed by atoms with Crippen molar-refractivity contribution < 1.29 is 23.1 Å². The molecule has 16 heavy (non-hydrogen) atoms. The lowest BCUT2D eigenvalue weighted by Crippen LogP contribution is -2.16. The molecule has 0 aromatic carbocycles. The lowest BCUT2D eigenvalue weighted by molar-refractivity contribution is -0.144. The van der Waals surface area contributed by atoms with E-state index >= 15 is 0 Å². The molecule has 90 valence electrons. The van der Waals surface area contributed by atoms with Crippen LogP contribution in [0.2, 0.25) is 0 Å². The summed E-state index contributed by atoms with van der Waals surface area (Å²) in [5, 5.41) is 12.0. The zero-order valence-electron chi connectivity index (χ0n) is 8.58. The van der Waals surface area contributed by atoms with Gasteiger partial charge in [-0.25, -0.2) is 0 Å². The van der Waals surface area contributed by atoms with Crippen molar-refractivity contribution in [3.05, 3.63) is 17.5 Å². The molecule has 0 aliphatic carbocycles. The van der Waals surface area contributed by atoms with Crippen LogP contribution < -0.4 is 0 Å². The molecule has 1 aromatic heterocycles. The average molecular weight is 236 g/mol. The Bertz CT molecular complexity index is 385. The highest BCUT2D eigenvalue weighted by atomic mass is 19.4. The topological polar surface area (TPSA) is 55.1 Å². The lowest BCUT2D eigenvalue weighted by Gasteiger charge is -2.10. The Kier molecular flexibility index (Phi) is 3.56. The van der Waals surface area contributed by atoms with Gasteiger partial charge in [0.05, 0.1) is 6.20 Å². The third-order valence-electron chi connectivity index (χ3n) is 2.05. The molecule has 0 spiro atoms. The Morgan fingerprint density at radius 2 is 2.19 bits per heavy atom. The number of aryl methyl sites for hydroxylation is 2. The summed E-state index contributed by atoms with van der Waals surface area (Å²) in [6, 6.07) is 0. The molecule has 0 fully saturated rings. The highest BCUT2D eigenvalue weighted by molar-refractivity contribution is 5.66. The minimum Gasteiger partial charge on any atom is -0.481 e. The molecule has 1 N–H and O–H groups in total. The molecule has 1 aromatic rings. The van der Waals surface area contributed by atoms with Crippen molar-refractivity contribution >= 4 is 5.97 Å². The number of carbonyl (C=O) groups is 1. The normalized spacial score (nSPS) is 11.8. The second kappa shape index (κ2) is 4.54. The van der Waals surface area contributed by atoms with Crippen LogP contribution in [0.25, 0.3) is 0 Å². The van der Waals surface area contributed by atoms with E-state index in [-0.39, 0.29) is 24.9 Å². The molecule has 0 atom stereocenters. The third kappa shape index (κ3) is 2.98. The average Bonchev–Trinajstić information content (AvgIpc) is 2.45. The van der Waals surface area contributed by atoms with Crippen molar-refractivity contribution in [1.82, 2.24) is 9.78 Å². The predicted octanol–water partition coefficient (Wildman–Crippen LogP) is 2.08. The smallest absolute Gasteiger partial charge is 0.433 e.